The second-order valence-corrected chi connectivity index (χ2v) is 4.75. The van der Waals surface area contributed by atoms with Crippen molar-refractivity contribution in [2.45, 2.75) is 52.0 Å². The summed E-state index contributed by atoms with van der Waals surface area (Å²) in [4.78, 5) is 0. The average Bonchev–Trinajstić information content (AvgIpc) is 2.29. The van der Waals surface area contributed by atoms with E-state index in [1.807, 2.05) is 6.07 Å². The second-order valence-electron chi connectivity index (χ2n) is 4.75. The number of hydrogen-bond donors (Lipinski definition) is 1. The first-order valence-corrected chi connectivity index (χ1v) is 6.70. The summed E-state index contributed by atoms with van der Waals surface area (Å²) in [5, 5.41) is 3.49. The summed E-state index contributed by atoms with van der Waals surface area (Å²) in [5.74, 6) is -0.141. The Morgan fingerprint density at radius 1 is 1.24 bits per heavy atom. The topological polar surface area (TPSA) is 12.0 Å². The summed E-state index contributed by atoms with van der Waals surface area (Å²) in [6, 6.07) is 7.29. The second kappa shape index (κ2) is 8.24. The summed E-state index contributed by atoms with van der Waals surface area (Å²) in [5.41, 5.74) is 1.07. The quantitative estimate of drug-likeness (QED) is 0.676. The molecule has 17 heavy (non-hydrogen) atoms. The van der Waals surface area contributed by atoms with Crippen LogP contribution in [-0.4, -0.2) is 12.6 Å². The fraction of sp³-hybridized carbons (Fsp3) is 0.600. The predicted octanol–water partition coefficient (Wildman–Crippen LogP) is 3.93. The lowest BCUT2D eigenvalue weighted by atomic mass is 10.1. The van der Waals surface area contributed by atoms with Crippen LogP contribution in [0, 0.1) is 5.82 Å². The lowest BCUT2D eigenvalue weighted by molar-refractivity contribution is 0.516. The highest BCUT2D eigenvalue weighted by molar-refractivity contribution is 5.17. The van der Waals surface area contributed by atoms with Crippen molar-refractivity contribution in [2.75, 3.05) is 6.54 Å². The molecule has 96 valence electrons. The van der Waals surface area contributed by atoms with Gasteiger partial charge in [-0.3, -0.25) is 0 Å². The van der Waals surface area contributed by atoms with Crippen molar-refractivity contribution in [3.63, 3.8) is 0 Å². The Balaban J connectivity index is 2.18. The van der Waals surface area contributed by atoms with Crippen molar-refractivity contribution < 1.29 is 4.39 Å². The molecule has 1 aromatic rings. The van der Waals surface area contributed by atoms with Gasteiger partial charge >= 0.3 is 0 Å². The Bertz CT molecular complexity index is 312. The van der Waals surface area contributed by atoms with Crippen LogP contribution < -0.4 is 5.32 Å². The highest BCUT2D eigenvalue weighted by Gasteiger charge is 2.03. The molecule has 0 aromatic heterocycles. The number of rotatable bonds is 8. The first-order valence-electron chi connectivity index (χ1n) is 6.70. The third kappa shape index (κ3) is 6.42. The first kappa shape index (κ1) is 14.2. The number of hydrogen-bond acceptors (Lipinski definition) is 1. The minimum absolute atomic E-state index is 0.141. The molecule has 0 spiro atoms. The van der Waals surface area contributed by atoms with Crippen LogP contribution in [-0.2, 0) is 6.42 Å². The maximum atomic E-state index is 13.0. The molecule has 0 aliphatic rings. The largest absolute Gasteiger partial charge is 0.314 e. The number of halogens is 1. The van der Waals surface area contributed by atoms with Crippen molar-refractivity contribution in [3.05, 3.63) is 35.6 Å². The van der Waals surface area contributed by atoms with Crippen LogP contribution in [0.4, 0.5) is 4.39 Å². The third-order valence-corrected chi connectivity index (χ3v) is 2.95. The Labute approximate surface area is 104 Å². The van der Waals surface area contributed by atoms with Crippen LogP contribution in [0.1, 0.15) is 45.1 Å². The van der Waals surface area contributed by atoms with Crippen molar-refractivity contribution in [1.82, 2.24) is 5.32 Å². The molecule has 0 heterocycles. The highest BCUT2D eigenvalue weighted by atomic mass is 19.1. The van der Waals surface area contributed by atoms with Crippen LogP contribution in [0.5, 0.6) is 0 Å². The van der Waals surface area contributed by atoms with Gasteiger partial charge in [-0.1, -0.05) is 38.3 Å². The maximum Gasteiger partial charge on any atom is 0.123 e. The van der Waals surface area contributed by atoms with Gasteiger partial charge < -0.3 is 5.32 Å². The highest BCUT2D eigenvalue weighted by Crippen LogP contribution is 2.06. The Hall–Kier alpha value is -0.890. The molecular formula is C15H24FN. The summed E-state index contributed by atoms with van der Waals surface area (Å²) >= 11 is 0. The molecule has 1 atom stereocenters. The number of benzene rings is 1. The third-order valence-electron chi connectivity index (χ3n) is 2.95. The van der Waals surface area contributed by atoms with Crippen molar-refractivity contribution in [2.24, 2.45) is 0 Å². The zero-order valence-corrected chi connectivity index (χ0v) is 11.0. The Morgan fingerprint density at radius 3 is 2.76 bits per heavy atom. The van der Waals surface area contributed by atoms with Gasteiger partial charge in [0.25, 0.3) is 0 Å². The van der Waals surface area contributed by atoms with Gasteiger partial charge in [0.1, 0.15) is 5.82 Å². The lowest BCUT2D eigenvalue weighted by Gasteiger charge is -2.13. The van der Waals surface area contributed by atoms with Crippen LogP contribution in [0.2, 0.25) is 0 Å². The first-order chi connectivity index (χ1) is 8.22. The van der Waals surface area contributed by atoms with Gasteiger partial charge in [0, 0.05) is 6.04 Å². The van der Waals surface area contributed by atoms with E-state index in [9.17, 15) is 4.39 Å². The van der Waals surface area contributed by atoms with Crippen LogP contribution in [0.3, 0.4) is 0 Å². The smallest absolute Gasteiger partial charge is 0.123 e. The van der Waals surface area contributed by atoms with Gasteiger partial charge in [-0.25, -0.2) is 4.39 Å². The van der Waals surface area contributed by atoms with Crippen LogP contribution >= 0.6 is 0 Å². The number of nitrogens with one attached hydrogen (secondary N) is 1. The fourth-order valence-corrected chi connectivity index (χ4v) is 1.99. The van der Waals surface area contributed by atoms with E-state index in [1.165, 1.54) is 31.7 Å². The molecule has 0 saturated carbocycles. The molecule has 0 aliphatic carbocycles. The molecule has 1 unspecified atom stereocenters. The van der Waals surface area contributed by atoms with Gasteiger partial charge in [0.15, 0.2) is 0 Å². The minimum Gasteiger partial charge on any atom is -0.314 e. The average molecular weight is 237 g/mol. The van der Waals surface area contributed by atoms with E-state index >= 15 is 0 Å². The summed E-state index contributed by atoms with van der Waals surface area (Å²) < 4.78 is 13.0. The molecule has 0 aliphatic heterocycles. The van der Waals surface area contributed by atoms with Gasteiger partial charge in [0.2, 0.25) is 0 Å². The maximum absolute atomic E-state index is 13.0. The van der Waals surface area contributed by atoms with Gasteiger partial charge in [-0.05, 0) is 44.0 Å². The van der Waals surface area contributed by atoms with Crippen LogP contribution in [0.15, 0.2) is 24.3 Å². The van der Waals surface area contributed by atoms with E-state index in [1.54, 1.807) is 12.1 Å². The minimum atomic E-state index is -0.141. The number of unbranched alkanes of at least 4 members (excludes halogenated alkanes) is 3. The van der Waals surface area contributed by atoms with Crippen molar-refractivity contribution in [1.29, 1.82) is 0 Å². The molecular weight excluding hydrogens is 213 g/mol. The summed E-state index contributed by atoms with van der Waals surface area (Å²) in [6.07, 6.45) is 6.03. The molecule has 0 bridgehead atoms. The van der Waals surface area contributed by atoms with Crippen molar-refractivity contribution >= 4 is 0 Å². The summed E-state index contributed by atoms with van der Waals surface area (Å²) in [6.45, 7) is 5.45. The summed E-state index contributed by atoms with van der Waals surface area (Å²) in [7, 11) is 0. The Morgan fingerprint density at radius 2 is 2.06 bits per heavy atom. The van der Waals surface area contributed by atoms with E-state index in [0.29, 0.717) is 6.04 Å². The molecule has 0 saturated heterocycles. The van der Waals surface area contributed by atoms with Crippen LogP contribution in [0.25, 0.3) is 0 Å². The molecule has 1 N–H and O–H groups in total. The molecule has 0 radical (unpaired) electrons. The molecule has 1 nitrogen and oxygen atoms in total. The zero-order chi connectivity index (χ0) is 12.5. The molecule has 2 heteroatoms. The molecule has 1 rings (SSSR count). The van der Waals surface area contributed by atoms with Gasteiger partial charge in [-0.2, -0.15) is 0 Å². The SMILES string of the molecule is CCCCCCNC(C)Cc1cccc(F)c1. The van der Waals surface area contributed by atoms with Gasteiger partial charge in [0.05, 0.1) is 0 Å². The van der Waals surface area contributed by atoms with Gasteiger partial charge in [-0.15, -0.1) is 0 Å². The predicted molar refractivity (Wildman–Crippen MR) is 71.7 cm³/mol. The monoisotopic (exact) mass is 237 g/mol. The molecule has 0 amide bonds. The normalized spacial score (nSPS) is 12.6. The van der Waals surface area contributed by atoms with E-state index in [4.69, 9.17) is 0 Å². The standard InChI is InChI=1S/C15H24FN/c1-3-4-5-6-10-17-13(2)11-14-8-7-9-15(16)12-14/h7-9,12-13,17H,3-6,10-11H2,1-2H3. The van der Waals surface area contributed by atoms with E-state index < -0.39 is 0 Å². The van der Waals surface area contributed by atoms with E-state index in [0.717, 1.165) is 18.5 Å². The molecule has 1 aromatic carbocycles. The van der Waals surface area contributed by atoms with Crippen molar-refractivity contribution in [3.8, 4) is 0 Å². The van der Waals surface area contributed by atoms with E-state index in [-0.39, 0.29) is 5.82 Å². The fourth-order valence-electron chi connectivity index (χ4n) is 1.99. The Kier molecular flexibility index (Phi) is 6.87. The van der Waals surface area contributed by atoms with E-state index in [2.05, 4.69) is 19.2 Å². The zero-order valence-electron chi connectivity index (χ0n) is 11.0. The lowest BCUT2D eigenvalue weighted by Crippen LogP contribution is -2.28. The molecule has 0 fully saturated rings.